The van der Waals surface area contributed by atoms with Crippen LogP contribution in [0.1, 0.15) is 15.9 Å². The molecule has 3 nitrogen and oxygen atoms in total. The first-order chi connectivity index (χ1) is 8.15. The van der Waals surface area contributed by atoms with Gasteiger partial charge in [0.2, 0.25) is 0 Å². The first-order valence-corrected chi connectivity index (χ1v) is 6.46. The Balaban J connectivity index is 0.00000162. The summed E-state index contributed by atoms with van der Waals surface area (Å²) in [5.41, 5.74) is 1.86. The van der Waals surface area contributed by atoms with Gasteiger partial charge >= 0.3 is 0 Å². The smallest absolute Gasteiger partial charge is 0.252 e. The van der Waals surface area contributed by atoms with E-state index < -0.39 is 0 Å². The van der Waals surface area contributed by atoms with Gasteiger partial charge in [-0.05, 0) is 23.7 Å². The fraction of sp³-hybridized carbons (Fsp3) is 0.462. The van der Waals surface area contributed by atoms with Crippen LogP contribution >= 0.6 is 11.6 Å². The molecule has 2 N–H and O–H groups in total. The van der Waals surface area contributed by atoms with Gasteiger partial charge in [-0.15, -0.1) is 0 Å². The molecule has 1 saturated heterocycles. The van der Waals surface area contributed by atoms with Crippen LogP contribution in [0.3, 0.4) is 0 Å². The van der Waals surface area contributed by atoms with Crippen LogP contribution in [0, 0.1) is 0 Å². The number of carbonyl (C=O) groups excluding carboxylic acids is 1. The molecule has 6 heteroatoms. The lowest BCUT2D eigenvalue weighted by Gasteiger charge is -2.27. The molecule has 1 aliphatic rings. The van der Waals surface area contributed by atoms with Crippen molar-refractivity contribution >= 4 is 16.8 Å². The van der Waals surface area contributed by atoms with Gasteiger partial charge in [-0.25, -0.2) is 0 Å². The van der Waals surface area contributed by atoms with E-state index in [1.807, 2.05) is 24.3 Å². The zero-order valence-electron chi connectivity index (χ0n) is 10.9. The molecule has 0 unspecified atom stereocenters. The zero-order valence-corrected chi connectivity index (χ0v) is 13.2. The maximum atomic E-state index is 10.9. The maximum Gasteiger partial charge on any atom is 0.252 e. The monoisotopic (exact) mass is 324 g/mol. The summed E-state index contributed by atoms with van der Waals surface area (Å²) in [5.74, 6) is 0. The molecule has 0 aromatic heterocycles. The highest BCUT2D eigenvalue weighted by Crippen LogP contribution is 2.06. The molecule has 19 heavy (non-hydrogen) atoms. The molecule has 1 fully saturated rings. The maximum absolute atomic E-state index is 10.9. The number of piperazine rings is 1. The van der Waals surface area contributed by atoms with E-state index >= 15 is 0 Å². The van der Waals surface area contributed by atoms with Gasteiger partial charge in [-0.2, -0.15) is 0 Å². The third-order valence-corrected chi connectivity index (χ3v) is 3.66. The van der Waals surface area contributed by atoms with E-state index in [9.17, 15) is 4.79 Å². The third-order valence-electron chi connectivity index (χ3n) is 3.45. The minimum atomic E-state index is -0.382. The van der Waals surface area contributed by atoms with Crippen molar-refractivity contribution in [2.24, 2.45) is 0 Å². The van der Waals surface area contributed by atoms with Gasteiger partial charge in [0.15, 0.2) is 0 Å². The lowest BCUT2D eigenvalue weighted by Crippen LogP contribution is -3.26. The van der Waals surface area contributed by atoms with E-state index in [1.54, 1.807) is 9.80 Å². The summed E-state index contributed by atoms with van der Waals surface area (Å²) in [6, 6.07) is 7.64. The van der Waals surface area contributed by atoms with Gasteiger partial charge in [0.05, 0.1) is 7.05 Å². The van der Waals surface area contributed by atoms with Crippen LogP contribution in [0.5, 0.6) is 0 Å². The number of hydrogen-bond acceptors (Lipinski definition) is 1. The molecule has 0 atom stereocenters. The second-order valence-corrected chi connectivity index (χ2v) is 5.20. The van der Waals surface area contributed by atoms with Crippen LogP contribution in [0.25, 0.3) is 0 Å². The number of nitrogens with one attached hydrogen (secondary N) is 2. The van der Waals surface area contributed by atoms with Crippen LogP contribution in [0.15, 0.2) is 24.3 Å². The average Bonchev–Trinajstić information content (AvgIpc) is 2.33. The normalized spacial score (nSPS) is 22.0. The minimum Gasteiger partial charge on any atom is -1.00 e. The Morgan fingerprint density at radius 3 is 2.11 bits per heavy atom. The van der Waals surface area contributed by atoms with Crippen molar-refractivity contribution in [2.45, 2.75) is 6.54 Å². The van der Waals surface area contributed by atoms with Crippen molar-refractivity contribution in [3.8, 4) is 0 Å². The summed E-state index contributed by atoms with van der Waals surface area (Å²) < 4.78 is 0. The summed E-state index contributed by atoms with van der Waals surface area (Å²) in [4.78, 5) is 14.2. The topological polar surface area (TPSA) is 26.0 Å². The van der Waals surface area contributed by atoms with E-state index in [-0.39, 0.29) is 30.1 Å². The summed E-state index contributed by atoms with van der Waals surface area (Å²) in [6.45, 7) is 5.98. The number of rotatable bonds is 3. The summed E-state index contributed by atoms with van der Waals surface area (Å²) in [7, 11) is 2.25. The number of likely N-dealkylation sites (N-methyl/N-ethyl adjacent to an activating group) is 1. The average molecular weight is 326 g/mol. The molecule has 1 aromatic carbocycles. The van der Waals surface area contributed by atoms with Crippen LogP contribution < -0.4 is 34.6 Å². The standard InChI is InChI=1S/C13H17ClN2O.2ClH/c1-15-6-8-16(9-7-15)10-11-2-4-12(5-3-11)13(14)17;;/h2-5H,6-10H2,1H3;2*1H. The van der Waals surface area contributed by atoms with Crippen molar-refractivity contribution in [2.75, 3.05) is 33.2 Å². The molecule has 0 aliphatic carbocycles. The highest BCUT2D eigenvalue weighted by molar-refractivity contribution is 6.67. The van der Waals surface area contributed by atoms with E-state index in [2.05, 4.69) is 7.05 Å². The molecule has 0 saturated carbocycles. The first-order valence-electron chi connectivity index (χ1n) is 6.09. The van der Waals surface area contributed by atoms with Gasteiger partial charge in [0, 0.05) is 11.1 Å². The Bertz CT molecular complexity index is 389. The Morgan fingerprint density at radius 2 is 1.63 bits per heavy atom. The second kappa shape index (κ2) is 8.77. The number of hydrogen-bond donors (Lipinski definition) is 2. The second-order valence-electron chi connectivity index (χ2n) is 4.85. The predicted octanol–water partition coefficient (Wildman–Crippen LogP) is -7.01. The van der Waals surface area contributed by atoms with E-state index in [4.69, 9.17) is 11.6 Å². The molecule has 1 aliphatic heterocycles. The van der Waals surface area contributed by atoms with Crippen LogP contribution in [0.2, 0.25) is 0 Å². The van der Waals surface area contributed by atoms with Gasteiger partial charge in [-0.3, -0.25) is 4.79 Å². The molecule has 0 radical (unpaired) electrons. The van der Waals surface area contributed by atoms with Gasteiger partial charge in [-0.1, -0.05) is 12.1 Å². The number of halogens is 3. The molecule has 2 rings (SSSR count). The molecular formula is C13H19Cl3N2O. The number of benzene rings is 1. The van der Waals surface area contributed by atoms with Gasteiger partial charge < -0.3 is 34.6 Å². The first kappa shape index (κ1) is 18.7. The lowest BCUT2D eigenvalue weighted by molar-refractivity contribution is -1.01. The zero-order chi connectivity index (χ0) is 12.3. The van der Waals surface area contributed by atoms with Crippen LogP contribution in [0.4, 0.5) is 0 Å². The Morgan fingerprint density at radius 1 is 1.11 bits per heavy atom. The SMILES string of the molecule is C[NH+]1CC[NH+](Cc2ccc(C(=O)Cl)cc2)CC1.[Cl-].[Cl-]. The molecule has 0 spiro atoms. The molecule has 1 heterocycles. The highest BCUT2D eigenvalue weighted by atomic mass is 35.5. The van der Waals surface area contributed by atoms with Crippen LogP contribution in [-0.2, 0) is 6.54 Å². The Labute approximate surface area is 131 Å². The van der Waals surface area contributed by atoms with Crippen molar-refractivity contribution < 1.29 is 39.4 Å². The summed E-state index contributed by atoms with van der Waals surface area (Å²) in [6.07, 6.45) is 0. The fourth-order valence-electron chi connectivity index (χ4n) is 2.25. The third kappa shape index (κ3) is 5.67. The molecule has 0 amide bonds. The number of carbonyl (C=O) groups is 1. The van der Waals surface area contributed by atoms with E-state index in [0.29, 0.717) is 5.56 Å². The molecule has 108 valence electrons. The fourth-order valence-corrected chi connectivity index (χ4v) is 2.38. The highest BCUT2D eigenvalue weighted by Gasteiger charge is 2.19. The summed E-state index contributed by atoms with van der Waals surface area (Å²) in [5, 5.41) is -0.382. The molecular weight excluding hydrogens is 307 g/mol. The van der Waals surface area contributed by atoms with E-state index in [1.165, 1.54) is 31.7 Å². The minimum absolute atomic E-state index is 0. The van der Waals surface area contributed by atoms with Gasteiger partial charge in [0.25, 0.3) is 5.24 Å². The van der Waals surface area contributed by atoms with Crippen molar-refractivity contribution in [1.82, 2.24) is 0 Å². The quantitative estimate of drug-likeness (QED) is 0.531. The van der Waals surface area contributed by atoms with Gasteiger partial charge in [0.1, 0.15) is 32.7 Å². The molecule has 1 aromatic rings. The lowest BCUT2D eigenvalue weighted by atomic mass is 10.1. The van der Waals surface area contributed by atoms with Crippen molar-refractivity contribution in [3.05, 3.63) is 35.4 Å². The van der Waals surface area contributed by atoms with E-state index in [0.717, 1.165) is 6.54 Å². The Hall–Kier alpha value is -0.320. The van der Waals surface area contributed by atoms with Crippen molar-refractivity contribution in [1.29, 1.82) is 0 Å². The Kier molecular flexibility index (Phi) is 8.62. The number of quaternary nitrogens is 2. The predicted molar refractivity (Wildman–Crippen MR) is 67.6 cm³/mol. The summed E-state index contributed by atoms with van der Waals surface area (Å²) >= 11 is 5.42. The van der Waals surface area contributed by atoms with Crippen LogP contribution in [-0.4, -0.2) is 38.5 Å². The largest absolute Gasteiger partial charge is 1.00 e. The molecule has 0 bridgehead atoms. The van der Waals surface area contributed by atoms with Crippen molar-refractivity contribution in [3.63, 3.8) is 0 Å².